The van der Waals surface area contributed by atoms with Crippen molar-refractivity contribution in [2.24, 2.45) is 32.7 Å². The number of ether oxygens (including phenoxy) is 2. The third-order valence-electron chi connectivity index (χ3n) is 11.2. The topological polar surface area (TPSA) is 136 Å². The molecular weight excluding hydrogens is 584 g/mol. The Balaban J connectivity index is 1.29. The number of aliphatic hydroxyl groups is 2. The van der Waals surface area contributed by atoms with Crippen molar-refractivity contribution >= 4 is 35.6 Å². The Morgan fingerprint density at radius 1 is 1.24 bits per heavy atom. The normalized spacial score (nSPS) is 36.5. The number of amidine groups is 1. The highest BCUT2D eigenvalue weighted by Crippen LogP contribution is 2.65. The van der Waals surface area contributed by atoms with Gasteiger partial charge in [0.05, 0.1) is 43.9 Å². The van der Waals surface area contributed by atoms with Crippen molar-refractivity contribution in [2.75, 3.05) is 38.8 Å². The molecule has 8 atom stereocenters. The van der Waals surface area contributed by atoms with Gasteiger partial charge < -0.3 is 29.9 Å². The Bertz CT molecular complexity index is 1520. The number of allylic oxidation sites excluding steroid dienone is 1. The summed E-state index contributed by atoms with van der Waals surface area (Å²) in [6.45, 7) is 6.91. The summed E-state index contributed by atoms with van der Waals surface area (Å²) >= 11 is 0. The van der Waals surface area contributed by atoms with Crippen molar-refractivity contribution in [2.45, 2.75) is 70.2 Å². The number of nitrogens with zero attached hydrogens (tertiary/aromatic N) is 3. The van der Waals surface area contributed by atoms with Gasteiger partial charge in [-0.1, -0.05) is 38.1 Å². The molecule has 3 aliphatic heterocycles. The van der Waals surface area contributed by atoms with E-state index in [1.807, 2.05) is 69.3 Å². The zero-order valence-electron chi connectivity index (χ0n) is 27.4. The number of esters is 1. The number of hydrogen-bond acceptors (Lipinski definition) is 10. The van der Waals surface area contributed by atoms with Crippen LogP contribution in [-0.4, -0.2) is 91.7 Å². The van der Waals surface area contributed by atoms with Crippen molar-refractivity contribution in [3.05, 3.63) is 59.4 Å². The van der Waals surface area contributed by atoms with Crippen LogP contribution in [0.3, 0.4) is 0 Å². The van der Waals surface area contributed by atoms with Crippen LogP contribution >= 0.6 is 0 Å². The van der Waals surface area contributed by atoms with Gasteiger partial charge in [0, 0.05) is 43.4 Å². The third kappa shape index (κ3) is 5.81. The van der Waals surface area contributed by atoms with E-state index in [2.05, 4.69) is 28.3 Å². The summed E-state index contributed by atoms with van der Waals surface area (Å²) in [7, 11) is 3.97. The summed E-state index contributed by atoms with van der Waals surface area (Å²) in [6.07, 6.45) is 10.7. The monoisotopic (exact) mass is 630 g/mol. The molecule has 3 N–H and O–H groups in total. The van der Waals surface area contributed by atoms with Crippen LogP contribution in [0.1, 0.15) is 52.0 Å². The molecule has 2 saturated carbocycles. The first-order valence-electron chi connectivity index (χ1n) is 16.3. The van der Waals surface area contributed by atoms with Crippen LogP contribution in [0.5, 0.6) is 0 Å². The smallest absolute Gasteiger partial charge is 0.343 e. The van der Waals surface area contributed by atoms with Crippen LogP contribution in [0.4, 0.5) is 5.69 Å². The molecule has 1 spiro atoms. The molecule has 1 aromatic rings. The second kappa shape index (κ2) is 12.3. The molecule has 1 saturated heterocycles. The first kappa shape index (κ1) is 32.5. The average molecular weight is 631 g/mol. The number of fused-ring (bicyclic) bond motifs is 1. The predicted molar refractivity (Wildman–Crippen MR) is 178 cm³/mol. The molecule has 0 amide bonds. The molecule has 46 heavy (non-hydrogen) atoms. The van der Waals surface area contributed by atoms with Crippen LogP contribution in [-0.2, 0) is 19.1 Å². The van der Waals surface area contributed by atoms with Crippen LogP contribution in [0.25, 0.3) is 6.08 Å². The van der Waals surface area contributed by atoms with Gasteiger partial charge in [0.1, 0.15) is 17.2 Å². The fraction of sp³-hybridized carbons (Fsp3) is 0.556. The maximum Gasteiger partial charge on any atom is 0.343 e. The maximum atomic E-state index is 13.2. The van der Waals surface area contributed by atoms with Crippen LogP contribution in [0, 0.1) is 22.7 Å². The van der Waals surface area contributed by atoms with Gasteiger partial charge in [0.15, 0.2) is 5.78 Å². The molecule has 0 bridgehead atoms. The summed E-state index contributed by atoms with van der Waals surface area (Å²) in [4.78, 5) is 36.7. The molecule has 5 unspecified atom stereocenters. The Hall–Kier alpha value is -3.44. The van der Waals surface area contributed by atoms with E-state index < -0.39 is 29.1 Å². The molecule has 0 radical (unpaired) electrons. The Morgan fingerprint density at radius 2 is 1.98 bits per heavy atom. The quantitative estimate of drug-likeness (QED) is 0.264. The number of hydrogen-bond donors (Lipinski definition) is 3. The number of rotatable bonds is 10. The average Bonchev–Trinajstić information content (AvgIpc) is 3.48. The molecule has 3 heterocycles. The number of carbonyl (C=O) groups excluding carboxylic acids is 2. The number of aliphatic hydroxyl groups excluding tert-OH is 2. The lowest BCUT2D eigenvalue weighted by molar-refractivity contribution is -0.174. The molecule has 0 aromatic heterocycles. The van der Waals surface area contributed by atoms with E-state index in [1.54, 1.807) is 12.3 Å². The minimum Gasteiger partial charge on any atom is -0.423 e. The van der Waals surface area contributed by atoms with Gasteiger partial charge in [0.25, 0.3) is 0 Å². The number of epoxide rings is 1. The van der Waals surface area contributed by atoms with Gasteiger partial charge in [-0.05, 0) is 67.4 Å². The molecule has 10 nitrogen and oxygen atoms in total. The highest BCUT2D eigenvalue weighted by Gasteiger charge is 2.70. The molecule has 2 aliphatic carbocycles. The fourth-order valence-electron chi connectivity index (χ4n) is 8.30. The van der Waals surface area contributed by atoms with Gasteiger partial charge in [-0.15, -0.1) is 0 Å². The van der Waals surface area contributed by atoms with E-state index in [9.17, 15) is 19.8 Å². The molecular formula is C36H46N4O6. The van der Waals surface area contributed by atoms with E-state index in [4.69, 9.17) is 9.47 Å². The lowest BCUT2D eigenvalue weighted by Gasteiger charge is -2.62. The second-order valence-corrected chi connectivity index (χ2v) is 14.3. The SMILES string of the molecule is CC(NC1CC2[C@](C)(CC[C@@H](O)[C@@]2(C)CO)C(/C=C/C2=CC(=C\c3ccc(N(C)C)cc3)/OC2=O)C12CO2)C(=O)CC1=NCC=N1. The maximum absolute atomic E-state index is 13.2. The van der Waals surface area contributed by atoms with Crippen molar-refractivity contribution in [3.8, 4) is 0 Å². The van der Waals surface area contributed by atoms with Crippen LogP contribution in [0.2, 0.25) is 0 Å². The van der Waals surface area contributed by atoms with Crippen LogP contribution < -0.4 is 10.2 Å². The zero-order chi connectivity index (χ0) is 32.9. The summed E-state index contributed by atoms with van der Waals surface area (Å²) in [5.41, 5.74) is 0.795. The van der Waals surface area contributed by atoms with Gasteiger partial charge in [-0.25, -0.2) is 9.79 Å². The van der Waals surface area contributed by atoms with E-state index in [0.29, 0.717) is 43.2 Å². The summed E-state index contributed by atoms with van der Waals surface area (Å²) in [5.74, 6) is 0.377. The minimum absolute atomic E-state index is 0.00264. The lowest BCUT2D eigenvalue weighted by atomic mass is 9.44. The van der Waals surface area contributed by atoms with E-state index >= 15 is 0 Å². The highest BCUT2D eigenvalue weighted by molar-refractivity contribution is 6.07. The van der Waals surface area contributed by atoms with E-state index in [1.165, 1.54) is 0 Å². The largest absolute Gasteiger partial charge is 0.423 e. The number of benzene rings is 1. The number of anilines is 1. The summed E-state index contributed by atoms with van der Waals surface area (Å²) in [6, 6.07) is 7.31. The Morgan fingerprint density at radius 3 is 2.61 bits per heavy atom. The molecule has 3 fully saturated rings. The van der Waals surface area contributed by atoms with Crippen molar-refractivity contribution in [1.82, 2.24) is 5.32 Å². The number of nitrogens with one attached hydrogen (secondary N) is 1. The van der Waals surface area contributed by atoms with Crippen LogP contribution in [0.15, 0.2) is 63.8 Å². The standard InChI is InChI=1S/C36H46N4O6/c1-22(27(42)18-32-37-14-15-38-32)39-30-19-29-34(2,13-12-31(43)35(29,3)20-41)28(36(30)21-45-36)11-8-24-17-26(46-33(24)44)16-23-6-9-25(10-7-23)40(4)5/h6-11,14,16-17,22,28-31,39,41,43H,12-13,15,18-21H2,1-5H3/b11-8+,26-16+/t22?,28?,29?,30?,31-,34-,35+,36?/m1/s1. The van der Waals surface area contributed by atoms with Gasteiger partial charge in [-0.3, -0.25) is 9.79 Å². The molecule has 246 valence electrons. The number of aliphatic imine (C=N–C) groups is 2. The van der Waals surface area contributed by atoms with Gasteiger partial charge >= 0.3 is 5.97 Å². The van der Waals surface area contributed by atoms with Gasteiger partial charge in [-0.2, -0.15) is 0 Å². The summed E-state index contributed by atoms with van der Waals surface area (Å²) < 4.78 is 12.0. The number of Topliss-reactive ketones (excluding diaryl/α,β-unsaturated/α-hetero) is 1. The molecule has 10 heteroatoms. The van der Waals surface area contributed by atoms with Crippen molar-refractivity contribution in [3.63, 3.8) is 0 Å². The zero-order valence-corrected chi connectivity index (χ0v) is 27.4. The lowest BCUT2D eigenvalue weighted by Crippen LogP contribution is -2.67. The molecule has 6 rings (SSSR count). The number of cyclic esters (lactones) is 1. The second-order valence-electron chi connectivity index (χ2n) is 14.3. The molecule has 5 aliphatic rings. The van der Waals surface area contributed by atoms with Gasteiger partial charge in [0.2, 0.25) is 0 Å². The Labute approximate surface area is 271 Å². The fourth-order valence-corrected chi connectivity index (χ4v) is 8.30. The predicted octanol–water partition coefficient (Wildman–Crippen LogP) is 3.49. The number of carbonyl (C=O) groups is 2. The van der Waals surface area contributed by atoms with Crippen molar-refractivity contribution in [1.29, 1.82) is 0 Å². The van der Waals surface area contributed by atoms with Crippen molar-refractivity contribution < 1.29 is 29.3 Å². The Kier molecular flexibility index (Phi) is 8.69. The van der Waals surface area contributed by atoms with E-state index in [-0.39, 0.29) is 42.1 Å². The third-order valence-corrected chi connectivity index (χ3v) is 11.2. The first-order valence-corrected chi connectivity index (χ1v) is 16.3. The first-order chi connectivity index (χ1) is 21.9. The number of ketones is 1. The highest BCUT2D eigenvalue weighted by atomic mass is 16.6. The van der Waals surface area contributed by atoms with E-state index in [0.717, 1.165) is 17.7 Å². The molecule has 1 aromatic carbocycles. The minimum atomic E-state index is -0.736. The summed E-state index contributed by atoms with van der Waals surface area (Å²) in [5, 5.41) is 25.4.